The molecule has 3 nitrogen and oxygen atoms in total. The first-order valence-corrected chi connectivity index (χ1v) is 5.01. The molecule has 2 rings (SSSR count). The lowest BCUT2D eigenvalue weighted by Gasteiger charge is -2.04. The second kappa shape index (κ2) is 4.24. The second-order valence-corrected chi connectivity index (χ2v) is 3.64. The Morgan fingerprint density at radius 2 is 1.38 bits per heavy atom. The standard InChI is InChI=1S/C13H13NO2/c14-8-9-1-3-10(4-2-9)11-5-12(15)7-13(16)6-11/h1-7,15-16H,8,14H2. The average Bonchev–Trinajstić information content (AvgIpc) is 2.28. The number of benzene rings is 2. The Hall–Kier alpha value is -2.00. The van der Waals surface area contributed by atoms with Crippen LogP contribution in [0.2, 0.25) is 0 Å². The van der Waals surface area contributed by atoms with Crippen molar-refractivity contribution >= 4 is 0 Å². The second-order valence-electron chi connectivity index (χ2n) is 3.64. The van der Waals surface area contributed by atoms with Gasteiger partial charge in [0.05, 0.1) is 0 Å². The van der Waals surface area contributed by atoms with E-state index in [4.69, 9.17) is 5.73 Å². The lowest BCUT2D eigenvalue weighted by atomic mass is 10.0. The van der Waals surface area contributed by atoms with E-state index in [1.54, 1.807) is 12.1 Å². The van der Waals surface area contributed by atoms with E-state index in [1.165, 1.54) is 6.07 Å². The molecule has 0 bridgehead atoms. The van der Waals surface area contributed by atoms with E-state index in [0.29, 0.717) is 6.54 Å². The van der Waals surface area contributed by atoms with Crippen LogP contribution in [0.1, 0.15) is 5.56 Å². The molecule has 0 radical (unpaired) electrons. The molecule has 0 aliphatic carbocycles. The van der Waals surface area contributed by atoms with Crippen molar-refractivity contribution in [3.8, 4) is 22.6 Å². The van der Waals surface area contributed by atoms with E-state index >= 15 is 0 Å². The maximum Gasteiger partial charge on any atom is 0.119 e. The zero-order valence-corrected chi connectivity index (χ0v) is 8.72. The van der Waals surface area contributed by atoms with Crippen LogP contribution in [-0.2, 0) is 6.54 Å². The predicted octanol–water partition coefficient (Wildman–Crippen LogP) is 2.22. The molecule has 0 saturated carbocycles. The van der Waals surface area contributed by atoms with E-state index in [1.807, 2.05) is 24.3 Å². The normalized spacial score (nSPS) is 10.3. The molecule has 0 aromatic heterocycles. The summed E-state index contributed by atoms with van der Waals surface area (Å²) in [5, 5.41) is 18.8. The average molecular weight is 215 g/mol. The fraction of sp³-hybridized carbons (Fsp3) is 0.0769. The maximum atomic E-state index is 9.38. The predicted molar refractivity (Wildman–Crippen MR) is 63.1 cm³/mol. The lowest BCUT2D eigenvalue weighted by molar-refractivity contribution is 0.451. The third kappa shape index (κ3) is 2.15. The van der Waals surface area contributed by atoms with Gasteiger partial charge in [-0.3, -0.25) is 0 Å². The van der Waals surface area contributed by atoms with E-state index in [9.17, 15) is 10.2 Å². The highest BCUT2D eigenvalue weighted by Crippen LogP contribution is 2.28. The van der Waals surface area contributed by atoms with Crippen molar-refractivity contribution in [3.05, 3.63) is 48.0 Å². The molecule has 0 amide bonds. The monoisotopic (exact) mass is 215 g/mol. The quantitative estimate of drug-likeness (QED) is 0.719. The number of hydrogen-bond donors (Lipinski definition) is 3. The van der Waals surface area contributed by atoms with Crippen molar-refractivity contribution < 1.29 is 10.2 Å². The molecule has 0 aliphatic heterocycles. The Morgan fingerprint density at radius 1 is 0.812 bits per heavy atom. The number of phenolic OH excluding ortho intramolecular Hbond substituents is 2. The summed E-state index contributed by atoms with van der Waals surface area (Å²) in [6, 6.07) is 12.2. The van der Waals surface area contributed by atoms with Crippen LogP contribution in [0.15, 0.2) is 42.5 Å². The third-order valence-electron chi connectivity index (χ3n) is 2.43. The van der Waals surface area contributed by atoms with Gasteiger partial charge in [-0.25, -0.2) is 0 Å². The van der Waals surface area contributed by atoms with Gasteiger partial charge in [-0.1, -0.05) is 24.3 Å². The highest BCUT2D eigenvalue weighted by atomic mass is 16.3. The summed E-state index contributed by atoms with van der Waals surface area (Å²) in [5.41, 5.74) is 8.27. The fourth-order valence-electron chi connectivity index (χ4n) is 1.60. The van der Waals surface area contributed by atoms with Gasteiger partial charge in [-0.2, -0.15) is 0 Å². The first-order valence-electron chi connectivity index (χ1n) is 5.01. The van der Waals surface area contributed by atoms with Gasteiger partial charge >= 0.3 is 0 Å². The highest BCUT2D eigenvalue weighted by Gasteiger charge is 2.01. The molecule has 0 unspecified atom stereocenters. The fourth-order valence-corrected chi connectivity index (χ4v) is 1.60. The van der Waals surface area contributed by atoms with Crippen molar-refractivity contribution in [2.45, 2.75) is 6.54 Å². The van der Waals surface area contributed by atoms with Crippen molar-refractivity contribution in [1.29, 1.82) is 0 Å². The largest absolute Gasteiger partial charge is 0.508 e. The molecule has 82 valence electrons. The van der Waals surface area contributed by atoms with Crippen LogP contribution in [0, 0.1) is 0 Å². The summed E-state index contributed by atoms with van der Waals surface area (Å²) < 4.78 is 0. The summed E-state index contributed by atoms with van der Waals surface area (Å²) in [7, 11) is 0. The number of aromatic hydroxyl groups is 2. The molecular weight excluding hydrogens is 202 g/mol. The zero-order chi connectivity index (χ0) is 11.5. The first kappa shape index (κ1) is 10.5. The molecule has 0 fully saturated rings. The van der Waals surface area contributed by atoms with Crippen LogP contribution in [0.25, 0.3) is 11.1 Å². The molecule has 0 heterocycles. The molecule has 16 heavy (non-hydrogen) atoms. The Bertz CT molecular complexity index is 472. The van der Waals surface area contributed by atoms with Crippen LogP contribution >= 0.6 is 0 Å². The van der Waals surface area contributed by atoms with Gasteiger partial charge in [-0.05, 0) is 28.8 Å². The van der Waals surface area contributed by atoms with Gasteiger partial charge in [0.2, 0.25) is 0 Å². The third-order valence-corrected chi connectivity index (χ3v) is 2.43. The summed E-state index contributed by atoms with van der Waals surface area (Å²) in [6.07, 6.45) is 0. The topological polar surface area (TPSA) is 66.5 Å². The first-order chi connectivity index (χ1) is 7.69. The van der Waals surface area contributed by atoms with Gasteiger partial charge in [-0.15, -0.1) is 0 Å². The number of nitrogens with two attached hydrogens (primary N) is 1. The highest BCUT2D eigenvalue weighted by molar-refractivity contribution is 5.67. The number of hydrogen-bond acceptors (Lipinski definition) is 3. The minimum atomic E-state index is 0.0536. The van der Waals surface area contributed by atoms with Crippen LogP contribution in [0.5, 0.6) is 11.5 Å². The van der Waals surface area contributed by atoms with Crippen LogP contribution in [0.4, 0.5) is 0 Å². The van der Waals surface area contributed by atoms with Crippen molar-refractivity contribution in [2.24, 2.45) is 5.73 Å². The summed E-state index contributed by atoms with van der Waals surface area (Å²) in [6.45, 7) is 0.506. The minimum absolute atomic E-state index is 0.0536. The molecule has 0 aliphatic rings. The minimum Gasteiger partial charge on any atom is -0.508 e. The van der Waals surface area contributed by atoms with E-state index in [2.05, 4.69) is 0 Å². The molecule has 3 heteroatoms. The smallest absolute Gasteiger partial charge is 0.119 e. The van der Waals surface area contributed by atoms with E-state index in [-0.39, 0.29) is 11.5 Å². The SMILES string of the molecule is NCc1ccc(-c2cc(O)cc(O)c2)cc1. The van der Waals surface area contributed by atoms with Crippen LogP contribution in [-0.4, -0.2) is 10.2 Å². The molecular formula is C13H13NO2. The van der Waals surface area contributed by atoms with Crippen LogP contribution in [0.3, 0.4) is 0 Å². The Balaban J connectivity index is 2.42. The van der Waals surface area contributed by atoms with Gasteiger partial charge in [0.25, 0.3) is 0 Å². The summed E-state index contributed by atoms with van der Waals surface area (Å²) in [4.78, 5) is 0. The molecule has 4 N–H and O–H groups in total. The van der Waals surface area contributed by atoms with Crippen molar-refractivity contribution in [3.63, 3.8) is 0 Å². The maximum absolute atomic E-state index is 9.38. The molecule has 2 aromatic rings. The van der Waals surface area contributed by atoms with Crippen molar-refractivity contribution in [2.75, 3.05) is 0 Å². The summed E-state index contributed by atoms with van der Waals surface area (Å²) in [5.74, 6) is 0.107. The van der Waals surface area contributed by atoms with Gasteiger partial charge in [0.1, 0.15) is 11.5 Å². The lowest BCUT2D eigenvalue weighted by Crippen LogP contribution is -1.95. The van der Waals surface area contributed by atoms with Gasteiger partial charge in [0.15, 0.2) is 0 Å². The Kier molecular flexibility index (Phi) is 2.79. The molecule has 0 spiro atoms. The van der Waals surface area contributed by atoms with Gasteiger partial charge in [0, 0.05) is 12.6 Å². The van der Waals surface area contributed by atoms with Gasteiger partial charge < -0.3 is 15.9 Å². The number of phenols is 2. The Morgan fingerprint density at radius 3 is 1.88 bits per heavy atom. The Labute approximate surface area is 93.8 Å². The summed E-state index contributed by atoms with van der Waals surface area (Å²) >= 11 is 0. The molecule has 0 atom stereocenters. The number of rotatable bonds is 2. The molecule has 0 saturated heterocycles. The zero-order valence-electron chi connectivity index (χ0n) is 8.72. The van der Waals surface area contributed by atoms with Crippen molar-refractivity contribution in [1.82, 2.24) is 0 Å². The van der Waals surface area contributed by atoms with E-state index < -0.39 is 0 Å². The van der Waals surface area contributed by atoms with Crippen LogP contribution < -0.4 is 5.73 Å². The van der Waals surface area contributed by atoms with E-state index in [0.717, 1.165) is 16.7 Å². The molecule has 2 aromatic carbocycles.